The predicted molar refractivity (Wildman–Crippen MR) is 67.2 cm³/mol. The van der Waals surface area contributed by atoms with Crippen LogP contribution in [0.3, 0.4) is 0 Å². The fraction of sp³-hybridized carbons (Fsp3) is 0.923. The summed E-state index contributed by atoms with van der Waals surface area (Å²) in [6, 6.07) is 0. The highest BCUT2D eigenvalue weighted by molar-refractivity contribution is 5.66. The molecule has 0 spiro atoms. The molecular weight excluding hydrogens is 220 g/mol. The maximum Gasteiger partial charge on any atom is 0.303 e. The summed E-state index contributed by atoms with van der Waals surface area (Å²) in [5.41, 5.74) is 0. The third-order valence-electron chi connectivity index (χ3n) is 2.63. The summed E-state index contributed by atoms with van der Waals surface area (Å²) in [6.45, 7) is 6.22. The van der Waals surface area contributed by atoms with E-state index in [1.165, 1.54) is 0 Å². The number of hydrogen-bond acceptors (Lipinski definition) is 3. The molecule has 1 unspecified atom stereocenters. The molecule has 102 valence electrons. The Balaban J connectivity index is 3.01. The van der Waals surface area contributed by atoms with Crippen molar-refractivity contribution in [3.63, 3.8) is 0 Å². The molecule has 0 rings (SSSR count). The van der Waals surface area contributed by atoms with E-state index >= 15 is 0 Å². The molecule has 0 fully saturated rings. The first-order chi connectivity index (χ1) is 8.16. The van der Waals surface area contributed by atoms with Crippen molar-refractivity contribution in [1.29, 1.82) is 0 Å². The lowest BCUT2D eigenvalue weighted by Gasteiger charge is -2.10. The number of rotatable bonds is 12. The normalized spacial score (nSPS) is 12.6. The number of carboxylic acid groups (broad SMARTS) is 1. The standard InChI is InChI=1S/C13H26O4/c1-3-12(2)17-11-10-16-9-7-5-4-6-8-13(14)15/h12H,3-11H2,1-2H3,(H,14,15). The Morgan fingerprint density at radius 2 is 1.82 bits per heavy atom. The Morgan fingerprint density at radius 1 is 1.12 bits per heavy atom. The zero-order valence-electron chi connectivity index (χ0n) is 11.1. The summed E-state index contributed by atoms with van der Waals surface area (Å²) in [5.74, 6) is -0.705. The van der Waals surface area contributed by atoms with Gasteiger partial charge in [-0.25, -0.2) is 0 Å². The molecule has 1 atom stereocenters. The predicted octanol–water partition coefficient (Wildman–Crippen LogP) is 2.85. The highest BCUT2D eigenvalue weighted by Gasteiger charge is 1.98. The highest BCUT2D eigenvalue weighted by atomic mass is 16.5. The van der Waals surface area contributed by atoms with Crippen LogP contribution in [0.15, 0.2) is 0 Å². The maximum atomic E-state index is 10.2. The topological polar surface area (TPSA) is 55.8 Å². The first kappa shape index (κ1) is 16.4. The van der Waals surface area contributed by atoms with Gasteiger partial charge in [0.25, 0.3) is 0 Å². The third kappa shape index (κ3) is 13.3. The van der Waals surface area contributed by atoms with E-state index in [0.717, 1.165) is 38.7 Å². The van der Waals surface area contributed by atoms with Gasteiger partial charge in [0, 0.05) is 13.0 Å². The van der Waals surface area contributed by atoms with Crippen LogP contribution in [-0.4, -0.2) is 37.0 Å². The van der Waals surface area contributed by atoms with Crippen molar-refractivity contribution in [3.05, 3.63) is 0 Å². The van der Waals surface area contributed by atoms with Crippen LogP contribution in [0.5, 0.6) is 0 Å². The maximum absolute atomic E-state index is 10.2. The second kappa shape index (κ2) is 11.9. The lowest BCUT2D eigenvalue weighted by Crippen LogP contribution is -2.12. The lowest BCUT2D eigenvalue weighted by atomic mass is 10.1. The molecule has 0 bridgehead atoms. The Bertz CT molecular complexity index is 182. The van der Waals surface area contributed by atoms with Crippen LogP contribution in [0.4, 0.5) is 0 Å². The Hall–Kier alpha value is -0.610. The van der Waals surface area contributed by atoms with Gasteiger partial charge in [0.1, 0.15) is 0 Å². The summed E-state index contributed by atoms with van der Waals surface area (Å²) in [7, 11) is 0. The van der Waals surface area contributed by atoms with Crippen molar-refractivity contribution in [3.8, 4) is 0 Å². The van der Waals surface area contributed by atoms with Crippen LogP contribution in [0.1, 0.15) is 52.4 Å². The van der Waals surface area contributed by atoms with E-state index in [1.54, 1.807) is 0 Å². The minimum atomic E-state index is -0.705. The van der Waals surface area contributed by atoms with Gasteiger partial charge in [0.2, 0.25) is 0 Å². The molecule has 4 nitrogen and oxygen atoms in total. The number of hydrogen-bond donors (Lipinski definition) is 1. The lowest BCUT2D eigenvalue weighted by molar-refractivity contribution is -0.137. The van der Waals surface area contributed by atoms with Gasteiger partial charge >= 0.3 is 5.97 Å². The average Bonchev–Trinajstić information content (AvgIpc) is 2.30. The number of unbranched alkanes of at least 4 members (excludes halogenated alkanes) is 3. The molecule has 0 radical (unpaired) electrons. The molecule has 0 aliphatic carbocycles. The van der Waals surface area contributed by atoms with Gasteiger partial charge < -0.3 is 14.6 Å². The minimum absolute atomic E-state index is 0.281. The van der Waals surface area contributed by atoms with Gasteiger partial charge in [-0.3, -0.25) is 4.79 Å². The molecule has 1 N–H and O–H groups in total. The zero-order chi connectivity index (χ0) is 12.9. The molecule has 0 aromatic heterocycles. The number of aliphatic carboxylic acids is 1. The SMILES string of the molecule is CCC(C)OCCOCCCCCCC(=O)O. The minimum Gasteiger partial charge on any atom is -0.481 e. The van der Waals surface area contributed by atoms with Crippen LogP contribution in [0.25, 0.3) is 0 Å². The summed E-state index contributed by atoms with van der Waals surface area (Å²) in [4.78, 5) is 10.2. The van der Waals surface area contributed by atoms with Gasteiger partial charge in [-0.15, -0.1) is 0 Å². The van der Waals surface area contributed by atoms with Crippen molar-refractivity contribution in [2.24, 2.45) is 0 Å². The van der Waals surface area contributed by atoms with Gasteiger partial charge in [0.05, 0.1) is 19.3 Å². The largest absolute Gasteiger partial charge is 0.481 e. The molecule has 0 saturated carbocycles. The van der Waals surface area contributed by atoms with Crippen LogP contribution in [0.2, 0.25) is 0 Å². The summed E-state index contributed by atoms with van der Waals surface area (Å²) >= 11 is 0. The van der Waals surface area contributed by atoms with Gasteiger partial charge in [0.15, 0.2) is 0 Å². The number of carboxylic acids is 1. The molecule has 17 heavy (non-hydrogen) atoms. The van der Waals surface area contributed by atoms with Gasteiger partial charge in [-0.2, -0.15) is 0 Å². The van der Waals surface area contributed by atoms with E-state index < -0.39 is 5.97 Å². The van der Waals surface area contributed by atoms with Crippen molar-refractivity contribution in [2.45, 2.75) is 58.5 Å². The Morgan fingerprint density at radius 3 is 2.47 bits per heavy atom. The van der Waals surface area contributed by atoms with Crippen LogP contribution in [-0.2, 0) is 14.3 Å². The number of ether oxygens (including phenoxy) is 2. The van der Waals surface area contributed by atoms with Crippen LogP contribution in [0, 0.1) is 0 Å². The summed E-state index contributed by atoms with van der Waals surface area (Å²) < 4.78 is 10.9. The van der Waals surface area contributed by atoms with Crippen molar-refractivity contribution in [2.75, 3.05) is 19.8 Å². The quantitative estimate of drug-likeness (QED) is 0.538. The first-order valence-corrected chi connectivity index (χ1v) is 6.58. The van der Waals surface area contributed by atoms with E-state index in [9.17, 15) is 4.79 Å². The van der Waals surface area contributed by atoms with E-state index in [0.29, 0.717) is 19.3 Å². The molecule has 0 amide bonds. The first-order valence-electron chi connectivity index (χ1n) is 6.58. The monoisotopic (exact) mass is 246 g/mol. The van der Waals surface area contributed by atoms with Crippen LogP contribution < -0.4 is 0 Å². The summed E-state index contributed by atoms with van der Waals surface area (Å²) in [5, 5.41) is 8.44. The van der Waals surface area contributed by atoms with E-state index in [-0.39, 0.29) is 6.42 Å². The molecule has 0 heterocycles. The second-order valence-corrected chi connectivity index (χ2v) is 4.26. The molecule has 0 aromatic carbocycles. The fourth-order valence-electron chi connectivity index (χ4n) is 1.36. The number of carbonyl (C=O) groups is 1. The van der Waals surface area contributed by atoms with E-state index in [1.807, 2.05) is 0 Å². The third-order valence-corrected chi connectivity index (χ3v) is 2.63. The molecule has 4 heteroatoms. The smallest absolute Gasteiger partial charge is 0.303 e. The van der Waals surface area contributed by atoms with Crippen molar-refractivity contribution in [1.82, 2.24) is 0 Å². The van der Waals surface area contributed by atoms with Crippen molar-refractivity contribution >= 4 is 5.97 Å². The highest BCUT2D eigenvalue weighted by Crippen LogP contribution is 2.03. The molecule has 0 aliphatic heterocycles. The summed E-state index contributed by atoms with van der Waals surface area (Å²) in [6.07, 6.45) is 5.41. The molecule has 0 aliphatic rings. The average molecular weight is 246 g/mol. The van der Waals surface area contributed by atoms with Crippen LogP contribution >= 0.6 is 0 Å². The molecule has 0 aromatic rings. The van der Waals surface area contributed by atoms with Gasteiger partial charge in [-0.05, 0) is 26.2 Å². The van der Waals surface area contributed by atoms with Gasteiger partial charge in [-0.1, -0.05) is 19.8 Å². The van der Waals surface area contributed by atoms with E-state index in [4.69, 9.17) is 14.6 Å². The fourth-order valence-corrected chi connectivity index (χ4v) is 1.36. The molecular formula is C13H26O4. The second-order valence-electron chi connectivity index (χ2n) is 4.26. The van der Waals surface area contributed by atoms with Crippen molar-refractivity contribution < 1.29 is 19.4 Å². The molecule has 0 saturated heterocycles. The van der Waals surface area contributed by atoms with E-state index in [2.05, 4.69) is 13.8 Å². The zero-order valence-corrected chi connectivity index (χ0v) is 11.1. The Labute approximate surface area is 104 Å². The Kier molecular flexibility index (Phi) is 11.4.